The highest BCUT2D eigenvalue weighted by atomic mass is 32.2. The third-order valence-electron chi connectivity index (χ3n) is 7.20. The summed E-state index contributed by atoms with van der Waals surface area (Å²) in [7, 11) is -2.93. The molecule has 0 aromatic heterocycles. The predicted octanol–water partition coefficient (Wildman–Crippen LogP) is 5.35. The molecule has 1 saturated carbocycles. The molecule has 2 fully saturated rings. The summed E-state index contributed by atoms with van der Waals surface area (Å²) in [5.41, 5.74) is 2.08. The fourth-order valence-electron chi connectivity index (χ4n) is 5.04. The van der Waals surface area contributed by atoms with Crippen molar-refractivity contribution in [1.29, 1.82) is 0 Å². The maximum atomic E-state index is 12.2. The van der Waals surface area contributed by atoms with E-state index in [0.29, 0.717) is 17.6 Å². The van der Waals surface area contributed by atoms with Gasteiger partial charge in [-0.15, -0.1) is 0 Å². The van der Waals surface area contributed by atoms with Crippen molar-refractivity contribution in [2.75, 3.05) is 23.7 Å². The van der Waals surface area contributed by atoms with Crippen LogP contribution in [-0.2, 0) is 21.0 Å². The lowest BCUT2D eigenvalue weighted by Crippen LogP contribution is -2.40. The summed E-state index contributed by atoms with van der Waals surface area (Å²) in [6, 6.07) is 8.95. The molecule has 192 valence electrons. The number of sulfone groups is 1. The highest BCUT2D eigenvalue weighted by molar-refractivity contribution is 7.91. The molecular formula is C27H44N2O4S. The maximum absolute atomic E-state index is 12.2. The molecule has 34 heavy (non-hydrogen) atoms. The van der Waals surface area contributed by atoms with Crippen molar-refractivity contribution in [1.82, 2.24) is 5.32 Å². The number of nitrogens with one attached hydrogen (secondary N) is 1. The Labute approximate surface area is 206 Å². The Balaban J connectivity index is 1.39. The summed E-state index contributed by atoms with van der Waals surface area (Å²) in [6.45, 7) is 10.9. The Kier molecular flexibility index (Phi) is 8.93. The molecule has 1 aromatic carbocycles. The molecule has 1 aromatic rings. The van der Waals surface area contributed by atoms with Gasteiger partial charge in [0.15, 0.2) is 9.84 Å². The van der Waals surface area contributed by atoms with Crippen molar-refractivity contribution in [3.8, 4) is 0 Å². The number of aryl methyl sites for hydroxylation is 1. The first-order valence-electron chi connectivity index (χ1n) is 13.0. The van der Waals surface area contributed by atoms with E-state index in [1.54, 1.807) is 13.8 Å². The van der Waals surface area contributed by atoms with E-state index in [2.05, 4.69) is 34.5 Å². The second-order valence-electron chi connectivity index (χ2n) is 11.5. The molecule has 7 heteroatoms. The Bertz CT molecular complexity index is 898. The molecule has 1 aliphatic heterocycles. The van der Waals surface area contributed by atoms with Gasteiger partial charge in [0.2, 0.25) is 0 Å². The standard InChI is InChI=1S/C27H44N2O4S/c1-20(2)34(31,32)19-23-10-8-21(9-11-23)6-7-22-12-14-25(15-13-22)29-17-16-24(18-29)28-26(30)33-27(3,4)5/h12-15,20-21,23-24H,6-11,16-19H2,1-5H3,(H,28,30). The molecule has 0 spiro atoms. The number of amides is 1. The molecule has 1 amide bonds. The fourth-order valence-corrected chi connectivity index (χ4v) is 6.41. The molecule has 3 rings (SSSR count). The third kappa shape index (κ3) is 8.17. The van der Waals surface area contributed by atoms with Gasteiger partial charge in [-0.3, -0.25) is 0 Å². The SMILES string of the molecule is CC(C)S(=O)(=O)CC1CCC(CCc2ccc(N3CCC(NC(=O)OC(C)(C)C)C3)cc2)CC1. The van der Waals surface area contributed by atoms with Crippen molar-refractivity contribution in [3.05, 3.63) is 29.8 Å². The average molecular weight is 493 g/mol. The number of carbonyl (C=O) groups excluding carboxylic acids is 1. The summed E-state index contributed by atoms with van der Waals surface area (Å²) in [4.78, 5) is 14.3. The highest BCUT2D eigenvalue weighted by Crippen LogP contribution is 2.33. The van der Waals surface area contributed by atoms with Crippen LogP contribution in [-0.4, -0.2) is 50.2 Å². The minimum Gasteiger partial charge on any atom is -0.444 e. The summed E-state index contributed by atoms with van der Waals surface area (Å²) in [6.07, 6.45) is 7.21. The van der Waals surface area contributed by atoms with E-state index in [0.717, 1.165) is 51.6 Å². The number of hydrogen-bond acceptors (Lipinski definition) is 5. The van der Waals surface area contributed by atoms with E-state index in [4.69, 9.17) is 4.74 Å². The summed E-state index contributed by atoms with van der Waals surface area (Å²) >= 11 is 0. The van der Waals surface area contributed by atoms with Crippen LogP contribution in [0.4, 0.5) is 10.5 Å². The molecule has 0 bridgehead atoms. The van der Waals surface area contributed by atoms with Gasteiger partial charge in [0.05, 0.1) is 17.0 Å². The van der Waals surface area contributed by atoms with Crippen molar-refractivity contribution in [2.24, 2.45) is 11.8 Å². The summed E-state index contributed by atoms with van der Waals surface area (Å²) in [5, 5.41) is 2.72. The van der Waals surface area contributed by atoms with Crippen molar-refractivity contribution >= 4 is 21.6 Å². The van der Waals surface area contributed by atoms with Crippen molar-refractivity contribution in [3.63, 3.8) is 0 Å². The van der Waals surface area contributed by atoms with E-state index < -0.39 is 15.4 Å². The van der Waals surface area contributed by atoms with Crippen LogP contribution in [0.5, 0.6) is 0 Å². The third-order valence-corrected chi connectivity index (χ3v) is 9.58. The minimum absolute atomic E-state index is 0.111. The monoisotopic (exact) mass is 492 g/mol. The van der Waals surface area contributed by atoms with Gasteiger partial charge in [0, 0.05) is 18.8 Å². The quantitative estimate of drug-likeness (QED) is 0.529. The molecule has 1 aliphatic carbocycles. The first-order chi connectivity index (χ1) is 15.9. The largest absolute Gasteiger partial charge is 0.444 e. The van der Waals surface area contributed by atoms with Crippen LogP contribution < -0.4 is 10.2 Å². The number of hydrogen-bond donors (Lipinski definition) is 1. The van der Waals surface area contributed by atoms with Crippen LogP contribution in [0.15, 0.2) is 24.3 Å². The zero-order valence-corrected chi connectivity index (χ0v) is 22.5. The number of rotatable bonds is 8. The van der Waals surface area contributed by atoms with Crippen molar-refractivity contribution in [2.45, 2.75) is 96.5 Å². The average Bonchev–Trinajstić information content (AvgIpc) is 3.20. The fraction of sp³-hybridized carbons (Fsp3) is 0.741. The Morgan fingerprint density at radius 1 is 1.06 bits per heavy atom. The molecule has 1 N–H and O–H groups in total. The van der Waals surface area contributed by atoms with Gasteiger partial charge < -0.3 is 15.0 Å². The zero-order chi connectivity index (χ0) is 24.9. The van der Waals surface area contributed by atoms with Gasteiger partial charge in [-0.05, 0) is 96.3 Å². The number of carbonyl (C=O) groups is 1. The van der Waals surface area contributed by atoms with E-state index in [1.165, 1.54) is 17.7 Å². The van der Waals surface area contributed by atoms with Crippen LogP contribution in [0, 0.1) is 11.8 Å². The van der Waals surface area contributed by atoms with Crippen LogP contribution >= 0.6 is 0 Å². The maximum Gasteiger partial charge on any atom is 0.407 e. The number of ether oxygens (including phenoxy) is 1. The van der Waals surface area contributed by atoms with Gasteiger partial charge in [0.1, 0.15) is 5.60 Å². The second kappa shape index (κ2) is 11.3. The van der Waals surface area contributed by atoms with Gasteiger partial charge in [-0.25, -0.2) is 13.2 Å². The Morgan fingerprint density at radius 2 is 1.68 bits per heavy atom. The van der Waals surface area contributed by atoms with E-state index in [1.807, 2.05) is 20.8 Å². The van der Waals surface area contributed by atoms with Gasteiger partial charge >= 0.3 is 6.09 Å². The summed E-state index contributed by atoms with van der Waals surface area (Å²) in [5.74, 6) is 1.41. The number of alkyl carbamates (subject to hydrolysis) is 1. The van der Waals surface area contributed by atoms with Gasteiger partial charge in [0.25, 0.3) is 0 Å². The molecule has 1 saturated heterocycles. The summed E-state index contributed by atoms with van der Waals surface area (Å²) < 4.78 is 29.8. The Hall–Kier alpha value is -1.76. The van der Waals surface area contributed by atoms with Crippen LogP contribution in [0.25, 0.3) is 0 Å². The topological polar surface area (TPSA) is 75.7 Å². The molecule has 1 heterocycles. The lowest BCUT2D eigenvalue weighted by atomic mass is 9.80. The molecular weight excluding hydrogens is 448 g/mol. The molecule has 1 unspecified atom stereocenters. The van der Waals surface area contributed by atoms with Gasteiger partial charge in [-0.2, -0.15) is 0 Å². The van der Waals surface area contributed by atoms with E-state index >= 15 is 0 Å². The second-order valence-corrected chi connectivity index (χ2v) is 14.1. The lowest BCUT2D eigenvalue weighted by Gasteiger charge is -2.29. The molecule has 1 atom stereocenters. The first kappa shape index (κ1) is 26.8. The molecule has 0 radical (unpaired) electrons. The van der Waals surface area contributed by atoms with E-state index in [-0.39, 0.29) is 17.4 Å². The normalized spacial score (nSPS) is 23.8. The van der Waals surface area contributed by atoms with Crippen LogP contribution in [0.1, 0.15) is 78.7 Å². The highest BCUT2D eigenvalue weighted by Gasteiger charge is 2.28. The van der Waals surface area contributed by atoms with Gasteiger partial charge in [-0.1, -0.05) is 25.0 Å². The minimum atomic E-state index is -2.93. The van der Waals surface area contributed by atoms with Crippen LogP contribution in [0.3, 0.4) is 0 Å². The number of nitrogens with zero attached hydrogens (tertiary/aromatic N) is 1. The number of benzene rings is 1. The zero-order valence-electron chi connectivity index (χ0n) is 21.7. The predicted molar refractivity (Wildman–Crippen MR) is 139 cm³/mol. The van der Waals surface area contributed by atoms with Crippen LogP contribution in [0.2, 0.25) is 0 Å². The first-order valence-corrected chi connectivity index (χ1v) is 14.7. The molecule has 6 nitrogen and oxygen atoms in total. The number of anilines is 1. The lowest BCUT2D eigenvalue weighted by molar-refractivity contribution is 0.0509. The van der Waals surface area contributed by atoms with Crippen molar-refractivity contribution < 1.29 is 17.9 Å². The Morgan fingerprint density at radius 3 is 2.26 bits per heavy atom. The smallest absolute Gasteiger partial charge is 0.407 e. The molecule has 2 aliphatic rings. The van der Waals surface area contributed by atoms with E-state index in [9.17, 15) is 13.2 Å².